The highest BCUT2D eigenvalue weighted by Gasteiger charge is 2.37. The van der Waals surface area contributed by atoms with Crippen LogP contribution in [0.25, 0.3) is 0 Å². The molecule has 0 bridgehead atoms. The molecule has 1 aromatic rings. The normalized spacial score (nSPS) is 24.7. The fourth-order valence-corrected chi connectivity index (χ4v) is 3.62. The zero-order valence-corrected chi connectivity index (χ0v) is 12.2. The molecule has 114 valence electrons. The summed E-state index contributed by atoms with van der Waals surface area (Å²) in [6.07, 6.45) is 10.7. The van der Waals surface area contributed by atoms with Crippen LogP contribution in [0.2, 0.25) is 0 Å². The van der Waals surface area contributed by atoms with Gasteiger partial charge in [-0.05, 0) is 32.2 Å². The van der Waals surface area contributed by atoms with Gasteiger partial charge in [0.05, 0.1) is 6.20 Å². The zero-order valence-electron chi connectivity index (χ0n) is 12.2. The molecule has 21 heavy (non-hydrogen) atoms. The highest BCUT2D eigenvalue weighted by molar-refractivity contribution is 5.92. The maximum Gasteiger partial charge on any atom is 0.271 e. The van der Waals surface area contributed by atoms with Crippen LogP contribution in [-0.4, -0.2) is 34.0 Å². The van der Waals surface area contributed by atoms with E-state index in [9.17, 15) is 9.59 Å². The van der Waals surface area contributed by atoms with Crippen molar-refractivity contribution in [3.8, 4) is 0 Å². The van der Waals surface area contributed by atoms with Crippen molar-refractivity contribution in [2.45, 2.75) is 56.5 Å². The minimum Gasteiger partial charge on any atom is -0.348 e. The van der Waals surface area contributed by atoms with E-state index in [2.05, 4.69) is 20.6 Å². The van der Waals surface area contributed by atoms with Gasteiger partial charge in [-0.1, -0.05) is 19.3 Å². The van der Waals surface area contributed by atoms with E-state index in [1.54, 1.807) is 0 Å². The minimum atomic E-state index is -0.297. The van der Waals surface area contributed by atoms with Crippen LogP contribution in [0.5, 0.6) is 0 Å². The Bertz CT molecular complexity index is 537. The van der Waals surface area contributed by atoms with Crippen molar-refractivity contribution in [1.82, 2.24) is 20.6 Å². The van der Waals surface area contributed by atoms with Gasteiger partial charge in [0.25, 0.3) is 11.5 Å². The van der Waals surface area contributed by atoms with Gasteiger partial charge in [0, 0.05) is 17.8 Å². The summed E-state index contributed by atoms with van der Waals surface area (Å²) >= 11 is 0. The van der Waals surface area contributed by atoms with Crippen molar-refractivity contribution in [3.63, 3.8) is 0 Å². The first-order valence-electron chi connectivity index (χ1n) is 7.78. The molecule has 1 unspecified atom stereocenters. The molecule has 2 fully saturated rings. The lowest BCUT2D eigenvalue weighted by molar-refractivity contribution is 0.0887. The lowest BCUT2D eigenvalue weighted by Crippen LogP contribution is -2.57. The number of H-pyrrole nitrogens is 1. The van der Waals surface area contributed by atoms with E-state index >= 15 is 0 Å². The number of aromatic nitrogens is 2. The Morgan fingerprint density at radius 2 is 2.14 bits per heavy atom. The lowest BCUT2D eigenvalue weighted by Gasteiger charge is -2.44. The molecule has 1 spiro atoms. The maximum atomic E-state index is 12.2. The summed E-state index contributed by atoms with van der Waals surface area (Å²) in [6, 6.07) is 0.186. The van der Waals surface area contributed by atoms with Crippen LogP contribution in [0.4, 0.5) is 0 Å². The molecule has 2 aliphatic rings. The lowest BCUT2D eigenvalue weighted by atomic mass is 9.75. The Hall–Kier alpha value is -1.69. The van der Waals surface area contributed by atoms with Gasteiger partial charge in [0.15, 0.2) is 0 Å². The van der Waals surface area contributed by atoms with Crippen molar-refractivity contribution in [3.05, 3.63) is 28.4 Å². The molecule has 1 saturated heterocycles. The van der Waals surface area contributed by atoms with Crippen LogP contribution >= 0.6 is 0 Å². The summed E-state index contributed by atoms with van der Waals surface area (Å²) in [5.74, 6) is -0.205. The van der Waals surface area contributed by atoms with Crippen LogP contribution in [0.3, 0.4) is 0 Å². The third kappa shape index (κ3) is 3.32. The Morgan fingerprint density at radius 1 is 1.33 bits per heavy atom. The van der Waals surface area contributed by atoms with E-state index < -0.39 is 0 Å². The van der Waals surface area contributed by atoms with Gasteiger partial charge in [0.1, 0.15) is 5.69 Å². The van der Waals surface area contributed by atoms with E-state index in [4.69, 9.17) is 0 Å². The Balaban J connectivity index is 1.63. The average molecular weight is 290 g/mol. The number of hydrogen-bond acceptors (Lipinski definition) is 4. The average Bonchev–Trinajstić information content (AvgIpc) is 2.49. The predicted octanol–water partition coefficient (Wildman–Crippen LogP) is 0.955. The molecule has 1 aliphatic carbocycles. The number of amides is 1. The Kier molecular flexibility index (Phi) is 4.05. The number of nitrogens with zero attached hydrogens (tertiary/aromatic N) is 1. The molecule has 6 nitrogen and oxygen atoms in total. The number of carbonyl (C=O) groups is 1. The molecule has 1 amide bonds. The first-order valence-corrected chi connectivity index (χ1v) is 7.78. The second-order valence-electron chi connectivity index (χ2n) is 6.23. The van der Waals surface area contributed by atoms with E-state index in [0.717, 1.165) is 25.6 Å². The Labute approximate surface area is 123 Å². The highest BCUT2D eigenvalue weighted by Crippen LogP contribution is 2.34. The monoisotopic (exact) mass is 290 g/mol. The summed E-state index contributed by atoms with van der Waals surface area (Å²) in [7, 11) is 0. The predicted molar refractivity (Wildman–Crippen MR) is 79.2 cm³/mol. The van der Waals surface area contributed by atoms with Crippen LogP contribution in [0.1, 0.15) is 55.4 Å². The van der Waals surface area contributed by atoms with E-state index in [-0.39, 0.29) is 28.7 Å². The molecule has 3 N–H and O–H groups in total. The number of nitrogens with one attached hydrogen (secondary N) is 3. The summed E-state index contributed by atoms with van der Waals surface area (Å²) in [4.78, 5) is 29.5. The van der Waals surface area contributed by atoms with Crippen LogP contribution < -0.4 is 16.2 Å². The molecule has 1 aliphatic heterocycles. The fraction of sp³-hybridized carbons (Fsp3) is 0.667. The van der Waals surface area contributed by atoms with Crippen molar-refractivity contribution in [2.24, 2.45) is 0 Å². The van der Waals surface area contributed by atoms with Crippen molar-refractivity contribution < 1.29 is 4.79 Å². The largest absolute Gasteiger partial charge is 0.348 e. The third-order valence-corrected chi connectivity index (χ3v) is 4.68. The molecular weight excluding hydrogens is 268 g/mol. The zero-order chi connectivity index (χ0) is 14.7. The topological polar surface area (TPSA) is 86.9 Å². The van der Waals surface area contributed by atoms with E-state index in [1.165, 1.54) is 38.3 Å². The van der Waals surface area contributed by atoms with Crippen LogP contribution in [0, 0.1) is 0 Å². The number of rotatable bonds is 2. The van der Waals surface area contributed by atoms with Crippen LogP contribution in [-0.2, 0) is 0 Å². The Morgan fingerprint density at radius 3 is 2.86 bits per heavy atom. The second kappa shape index (κ2) is 5.97. The number of aromatic amines is 1. The second-order valence-corrected chi connectivity index (χ2v) is 6.23. The van der Waals surface area contributed by atoms with Gasteiger partial charge in [-0.15, -0.1) is 0 Å². The van der Waals surface area contributed by atoms with Gasteiger partial charge in [0.2, 0.25) is 0 Å². The minimum absolute atomic E-state index is 0.186. The van der Waals surface area contributed by atoms with Gasteiger partial charge < -0.3 is 15.6 Å². The smallest absolute Gasteiger partial charge is 0.271 e. The molecule has 6 heteroatoms. The van der Waals surface area contributed by atoms with Crippen molar-refractivity contribution >= 4 is 5.91 Å². The van der Waals surface area contributed by atoms with Gasteiger partial charge in [-0.3, -0.25) is 9.59 Å². The molecule has 2 heterocycles. The van der Waals surface area contributed by atoms with Crippen molar-refractivity contribution in [1.29, 1.82) is 0 Å². The molecular formula is C15H22N4O2. The van der Waals surface area contributed by atoms with Crippen LogP contribution in [0.15, 0.2) is 17.2 Å². The number of piperidine rings is 1. The van der Waals surface area contributed by atoms with Gasteiger partial charge in [-0.25, -0.2) is 4.98 Å². The molecule has 0 aromatic carbocycles. The summed E-state index contributed by atoms with van der Waals surface area (Å²) in [5.41, 5.74) is 0.188. The summed E-state index contributed by atoms with van der Waals surface area (Å²) < 4.78 is 0. The standard InChI is InChI=1S/C15H22N4O2/c20-13-10-16-12(9-17-13)14(21)19-11-4-7-18-15(8-11)5-2-1-3-6-15/h9-11,18H,1-8H2,(H,17,20)(H,19,21). The SMILES string of the molecule is O=C(NC1CCNC2(CCCCC2)C1)c1c[nH]c(=O)cn1. The molecule has 3 rings (SSSR count). The molecule has 1 saturated carbocycles. The van der Waals surface area contributed by atoms with Crippen molar-refractivity contribution in [2.75, 3.05) is 6.54 Å². The van der Waals surface area contributed by atoms with Gasteiger partial charge >= 0.3 is 0 Å². The first-order chi connectivity index (χ1) is 10.2. The molecule has 1 aromatic heterocycles. The highest BCUT2D eigenvalue weighted by atomic mass is 16.2. The third-order valence-electron chi connectivity index (χ3n) is 4.68. The van der Waals surface area contributed by atoms with E-state index in [1.807, 2.05) is 0 Å². The molecule has 0 radical (unpaired) electrons. The molecule has 1 atom stereocenters. The summed E-state index contributed by atoms with van der Waals surface area (Å²) in [6.45, 7) is 0.948. The quantitative estimate of drug-likeness (QED) is 0.757. The number of carbonyl (C=O) groups excluding carboxylic acids is 1. The number of hydrogen-bond donors (Lipinski definition) is 3. The summed E-state index contributed by atoms with van der Waals surface area (Å²) in [5, 5.41) is 6.73. The maximum absolute atomic E-state index is 12.2. The fourth-order valence-electron chi connectivity index (χ4n) is 3.62. The van der Waals surface area contributed by atoms with E-state index in [0.29, 0.717) is 0 Å². The first kappa shape index (κ1) is 14.3. The van der Waals surface area contributed by atoms with Gasteiger partial charge in [-0.2, -0.15) is 0 Å².